The molecular weight excluding hydrogens is 464 g/mol. The van der Waals surface area contributed by atoms with E-state index < -0.39 is 23.8 Å². The van der Waals surface area contributed by atoms with Crippen LogP contribution in [0.4, 0.5) is 0 Å². The molecule has 3 rings (SSSR count). The third kappa shape index (κ3) is 7.96. The van der Waals surface area contributed by atoms with E-state index in [9.17, 15) is 19.2 Å². The SMILES string of the molecule is CCOC(=O)CN(C(=O)[C@H](CC(=O)NC[C@@H]1CCCN(C(=N)N)C1)NC(=O)c1ccccc1)C1CC1. The monoisotopic (exact) mass is 500 g/mol. The standard InChI is InChI=1S/C25H36N6O5/c1-2-36-22(33)16-31(19-10-11-19)24(35)20(29-23(34)18-8-4-3-5-9-18)13-21(32)28-14-17-7-6-12-30(15-17)25(26)27/h3-5,8-9,17,19-20H,2,6-7,10-16H2,1H3,(H3,26,27)(H,28,32)(H,29,34)/t17-,20-/m0/s1. The van der Waals surface area contributed by atoms with E-state index in [0.717, 1.165) is 32.2 Å². The third-order valence-corrected chi connectivity index (χ3v) is 6.35. The van der Waals surface area contributed by atoms with Crippen molar-refractivity contribution in [1.82, 2.24) is 20.4 Å². The number of hydrogen-bond acceptors (Lipinski definition) is 6. The highest BCUT2D eigenvalue weighted by Crippen LogP contribution is 2.27. The van der Waals surface area contributed by atoms with Crippen LogP contribution >= 0.6 is 0 Å². The fraction of sp³-hybridized carbons (Fsp3) is 0.560. The molecule has 2 aliphatic rings. The van der Waals surface area contributed by atoms with E-state index in [1.807, 2.05) is 0 Å². The molecule has 0 bridgehead atoms. The first kappa shape index (κ1) is 27.0. The number of carbonyl (C=O) groups excluding carboxylic acids is 4. The third-order valence-electron chi connectivity index (χ3n) is 6.35. The number of nitrogens with two attached hydrogens (primary N) is 1. The van der Waals surface area contributed by atoms with Crippen molar-refractivity contribution in [3.05, 3.63) is 35.9 Å². The molecule has 0 unspecified atom stereocenters. The Bertz CT molecular complexity index is 952. The molecule has 11 nitrogen and oxygen atoms in total. The van der Waals surface area contributed by atoms with Crippen LogP contribution in [0.2, 0.25) is 0 Å². The fourth-order valence-electron chi connectivity index (χ4n) is 4.32. The molecule has 36 heavy (non-hydrogen) atoms. The topological polar surface area (TPSA) is 158 Å². The van der Waals surface area contributed by atoms with Gasteiger partial charge in [0.15, 0.2) is 5.96 Å². The lowest BCUT2D eigenvalue weighted by atomic mass is 9.98. The number of piperidine rings is 1. The Hall–Kier alpha value is -3.63. The first-order chi connectivity index (χ1) is 17.3. The maximum Gasteiger partial charge on any atom is 0.325 e. The summed E-state index contributed by atoms with van der Waals surface area (Å²) in [4.78, 5) is 54.5. The molecule has 1 aliphatic carbocycles. The molecule has 1 aromatic carbocycles. The molecule has 2 fully saturated rings. The Balaban J connectivity index is 1.67. The van der Waals surface area contributed by atoms with Crippen molar-refractivity contribution in [3.63, 3.8) is 0 Å². The number of benzene rings is 1. The molecule has 1 aromatic rings. The Labute approximate surface area is 211 Å². The second-order valence-corrected chi connectivity index (χ2v) is 9.24. The highest BCUT2D eigenvalue weighted by molar-refractivity contribution is 5.99. The normalized spacial score (nSPS) is 18.0. The summed E-state index contributed by atoms with van der Waals surface area (Å²) in [5.41, 5.74) is 5.96. The van der Waals surface area contributed by atoms with E-state index in [1.165, 1.54) is 4.90 Å². The van der Waals surface area contributed by atoms with Gasteiger partial charge in [-0.1, -0.05) is 18.2 Å². The average Bonchev–Trinajstić information content (AvgIpc) is 3.71. The van der Waals surface area contributed by atoms with E-state index in [2.05, 4.69) is 10.6 Å². The number of nitrogens with zero attached hydrogens (tertiary/aromatic N) is 2. The van der Waals surface area contributed by atoms with Gasteiger partial charge in [0.2, 0.25) is 11.8 Å². The average molecular weight is 501 g/mol. The van der Waals surface area contributed by atoms with Gasteiger partial charge in [-0.3, -0.25) is 24.6 Å². The molecule has 1 aliphatic heterocycles. The summed E-state index contributed by atoms with van der Waals surface area (Å²) in [5, 5.41) is 13.2. The minimum absolute atomic E-state index is 0.0158. The number of hydrogen-bond donors (Lipinski definition) is 4. The number of likely N-dealkylation sites (tertiary alicyclic amines) is 1. The predicted molar refractivity (Wildman–Crippen MR) is 133 cm³/mol. The smallest absolute Gasteiger partial charge is 0.325 e. The number of esters is 1. The highest BCUT2D eigenvalue weighted by Gasteiger charge is 2.38. The van der Waals surface area contributed by atoms with Crippen LogP contribution in [0.3, 0.4) is 0 Å². The number of amides is 3. The first-order valence-corrected chi connectivity index (χ1v) is 12.5. The van der Waals surface area contributed by atoms with E-state index >= 15 is 0 Å². The quantitative estimate of drug-likeness (QED) is 0.195. The van der Waals surface area contributed by atoms with Crippen LogP contribution < -0.4 is 16.4 Å². The van der Waals surface area contributed by atoms with Crippen LogP contribution in [0, 0.1) is 11.3 Å². The van der Waals surface area contributed by atoms with Gasteiger partial charge in [0, 0.05) is 31.2 Å². The lowest BCUT2D eigenvalue weighted by molar-refractivity contribution is -0.150. The molecule has 196 valence electrons. The molecule has 0 aromatic heterocycles. The Morgan fingerprint density at radius 1 is 1.19 bits per heavy atom. The molecule has 1 heterocycles. The summed E-state index contributed by atoms with van der Waals surface area (Å²) in [7, 11) is 0. The van der Waals surface area contributed by atoms with E-state index in [4.69, 9.17) is 15.9 Å². The van der Waals surface area contributed by atoms with Gasteiger partial charge in [-0.15, -0.1) is 0 Å². The number of guanidine groups is 1. The van der Waals surface area contributed by atoms with Crippen LogP contribution in [0.1, 0.15) is 49.4 Å². The zero-order valence-corrected chi connectivity index (χ0v) is 20.7. The maximum atomic E-state index is 13.5. The summed E-state index contributed by atoms with van der Waals surface area (Å²) >= 11 is 0. The lowest BCUT2D eigenvalue weighted by Crippen LogP contribution is -2.53. The first-order valence-electron chi connectivity index (χ1n) is 12.5. The second kappa shape index (κ2) is 12.9. The van der Waals surface area contributed by atoms with Crippen LogP contribution in [0.25, 0.3) is 0 Å². The summed E-state index contributed by atoms with van der Waals surface area (Å²) in [5.74, 6) is -1.71. The van der Waals surface area contributed by atoms with Gasteiger partial charge in [-0.25, -0.2) is 0 Å². The number of carbonyl (C=O) groups is 4. The molecule has 0 radical (unpaired) electrons. The molecule has 0 spiro atoms. The Kier molecular flexibility index (Phi) is 9.66. The van der Waals surface area contributed by atoms with E-state index in [-0.39, 0.29) is 43.4 Å². The van der Waals surface area contributed by atoms with Crippen molar-refractivity contribution in [2.75, 3.05) is 32.8 Å². The van der Waals surface area contributed by atoms with Crippen molar-refractivity contribution in [2.45, 2.75) is 51.1 Å². The zero-order chi connectivity index (χ0) is 26.1. The lowest BCUT2D eigenvalue weighted by Gasteiger charge is -2.33. The number of ether oxygens (including phenoxy) is 1. The fourth-order valence-corrected chi connectivity index (χ4v) is 4.32. The van der Waals surface area contributed by atoms with Gasteiger partial charge in [0.25, 0.3) is 5.91 Å². The highest BCUT2D eigenvalue weighted by atomic mass is 16.5. The number of nitrogens with one attached hydrogen (secondary N) is 3. The van der Waals surface area contributed by atoms with Crippen LogP contribution in [-0.4, -0.2) is 84.3 Å². The molecule has 1 saturated carbocycles. The maximum absolute atomic E-state index is 13.5. The molecule has 11 heteroatoms. The molecule has 5 N–H and O–H groups in total. The van der Waals surface area contributed by atoms with Gasteiger partial charge in [0.05, 0.1) is 13.0 Å². The summed E-state index contributed by atoms with van der Waals surface area (Å²) < 4.78 is 5.02. The zero-order valence-electron chi connectivity index (χ0n) is 20.7. The number of rotatable bonds is 11. The summed E-state index contributed by atoms with van der Waals surface area (Å²) in [6.45, 7) is 3.35. The molecule has 3 amide bonds. The van der Waals surface area contributed by atoms with E-state index in [1.54, 1.807) is 42.2 Å². The molecule has 1 saturated heterocycles. The van der Waals surface area contributed by atoms with Crippen LogP contribution in [0.5, 0.6) is 0 Å². The predicted octanol–water partition coefficient (Wildman–Crippen LogP) is 0.451. The minimum atomic E-state index is -1.13. The van der Waals surface area contributed by atoms with E-state index in [0.29, 0.717) is 18.7 Å². The van der Waals surface area contributed by atoms with Crippen molar-refractivity contribution < 1.29 is 23.9 Å². The molecular formula is C25H36N6O5. The van der Waals surface area contributed by atoms with Crippen LogP contribution in [-0.2, 0) is 19.1 Å². The van der Waals surface area contributed by atoms with Crippen LogP contribution in [0.15, 0.2) is 30.3 Å². The van der Waals surface area contributed by atoms with Crippen molar-refractivity contribution >= 4 is 29.7 Å². The van der Waals surface area contributed by atoms with Gasteiger partial charge in [-0.2, -0.15) is 0 Å². The second-order valence-electron chi connectivity index (χ2n) is 9.24. The molecule has 2 atom stereocenters. The Morgan fingerprint density at radius 2 is 1.92 bits per heavy atom. The summed E-state index contributed by atoms with van der Waals surface area (Å²) in [6.07, 6.45) is 3.02. The van der Waals surface area contributed by atoms with Crippen molar-refractivity contribution in [3.8, 4) is 0 Å². The van der Waals surface area contributed by atoms with Gasteiger partial charge in [0.1, 0.15) is 12.6 Å². The van der Waals surface area contributed by atoms with Crippen molar-refractivity contribution in [1.29, 1.82) is 5.41 Å². The van der Waals surface area contributed by atoms with Gasteiger partial charge < -0.3 is 30.9 Å². The van der Waals surface area contributed by atoms with Gasteiger partial charge >= 0.3 is 5.97 Å². The van der Waals surface area contributed by atoms with Gasteiger partial charge in [-0.05, 0) is 50.7 Å². The Morgan fingerprint density at radius 3 is 2.56 bits per heavy atom. The minimum Gasteiger partial charge on any atom is -0.465 e. The summed E-state index contributed by atoms with van der Waals surface area (Å²) in [6, 6.07) is 7.21. The largest absolute Gasteiger partial charge is 0.465 e. The van der Waals surface area contributed by atoms with Crippen molar-refractivity contribution in [2.24, 2.45) is 11.7 Å².